The lowest BCUT2D eigenvalue weighted by molar-refractivity contribution is -0.136. The summed E-state index contributed by atoms with van der Waals surface area (Å²) in [5, 5.41) is 0.483. The average Bonchev–Trinajstić information content (AvgIpc) is 2.96. The summed E-state index contributed by atoms with van der Waals surface area (Å²) in [6.45, 7) is 0.562. The number of para-hydroxylation sites is 1. The first-order valence-electron chi connectivity index (χ1n) is 13.3. The molecule has 0 bridgehead atoms. The Morgan fingerprint density at radius 3 is 2.49 bits per heavy atom. The number of benzene rings is 4. The number of rotatable bonds is 6. The Kier molecular flexibility index (Phi) is 6.82. The van der Waals surface area contributed by atoms with E-state index in [2.05, 4.69) is 29.2 Å². The standard InChI is InChI=1S/C34H28F3NO/c35-34(36,37)31-18-8-17-30-32(27(21-38-33(30)31)19-23-9-2-1-3-10-23)25-13-7-15-28(20-25)39-22-26-14-6-12-24-11-4-5-16-29(24)26/h1-5,7-11,13,15-18,20-21,26H,6,12,14,19,22H2. The molecule has 1 aliphatic rings. The lowest BCUT2D eigenvalue weighted by atomic mass is 9.83. The van der Waals surface area contributed by atoms with Crippen LogP contribution < -0.4 is 4.74 Å². The Hall–Kier alpha value is -4.12. The molecular weight excluding hydrogens is 495 g/mol. The Morgan fingerprint density at radius 1 is 0.846 bits per heavy atom. The molecule has 5 heteroatoms. The lowest BCUT2D eigenvalue weighted by Gasteiger charge is -2.25. The van der Waals surface area contributed by atoms with Gasteiger partial charge in [-0.2, -0.15) is 13.2 Å². The topological polar surface area (TPSA) is 22.1 Å². The molecule has 196 valence electrons. The van der Waals surface area contributed by atoms with E-state index in [1.807, 2.05) is 54.6 Å². The Morgan fingerprint density at radius 2 is 1.64 bits per heavy atom. The molecule has 39 heavy (non-hydrogen) atoms. The minimum Gasteiger partial charge on any atom is -0.493 e. The first-order chi connectivity index (χ1) is 19.0. The number of aryl methyl sites for hydroxylation is 1. The van der Waals surface area contributed by atoms with Gasteiger partial charge in [-0.1, -0.05) is 78.9 Å². The van der Waals surface area contributed by atoms with Crippen molar-refractivity contribution in [3.05, 3.63) is 131 Å². The zero-order valence-electron chi connectivity index (χ0n) is 21.4. The minimum atomic E-state index is -4.49. The predicted octanol–water partition coefficient (Wildman–Crippen LogP) is 9.01. The summed E-state index contributed by atoms with van der Waals surface area (Å²) in [5.74, 6) is 1.03. The van der Waals surface area contributed by atoms with Crippen molar-refractivity contribution < 1.29 is 17.9 Å². The molecule has 1 heterocycles. The van der Waals surface area contributed by atoms with Crippen LogP contribution in [0.4, 0.5) is 13.2 Å². The van der Waals surface area contributed by atoms with Crippen LogP contribution in [0.3, 0.4) is 0 Å². The molecule has 0 spiro atoms. The molecule has 0 amide bonds. The first kappa shape index (κ1) is 25.2. The van der Waals surface area contributed by atoms with Gasteiger partial charge in [-0.05, 0) is 77.3 Å². The maximum Gasteiger partial charge on any atom is 0.418 e. The van der Waals surface area contributed by atoms with Crippen LogP contribution >= 0.6 is 0 Å². The number of halogens is 3. The van der Waals surface area contributed by atoms with Crippen LogP contribution in [-0.2, 0) is 19.0 Å². The van der Waals surface area contributed by atoms with Gasteiger partial charge in [0.25, 0.3) is 0 Å². The van der Waals surface area contributed by atoms with E-state index in [9.17, 15) is 13.2 Å². The molecule has 0 fully saturated rings. The van der Waals surface area contributed by atoms with E-state index >= 15 is 0 Å². The van der Waals surface area contributed by atoms with Crippen molar-refractivity contribution in [1.29, 1.82) is 0 Å². The van der Waals surface area contributed by atoms with Gasteiger partial charge in [-0.3, -0.25) is 4.98 Å². The van der Waals surface area contributed by atoms with Crippen LogP contribution in [-0.4, -0.2) is 11.6 Å². The summed E-state index contributed by atoms with van der Waals surface area (Å²) < 4.78 is 48.0. The highest BCUT2D eigenvalue weighted by Gasteiger charge is 2.33. The van der Waals surface area contributed by atoms with Crippen LogP contribution in [0.5, 0.6) is 5.75 Å². The Balaban J connectivity index is 1.39. The second-order valence-electron chi connectivity index (χ2n) is 10.1. The van der Waals surface area contributed by atoms with Gasteiger partial charge in [0.1, 0.15) is 5.75 Å². The summed E-state index contributed by atoms with van der Waals surface area (Å²) in [5.41, 5.74) is 5.47. The fourth-order valence-electron chi connectivity index (χ4n) is 5.75. The molecule has 0 radical (unpaired) electrons. The largest absolute Gasteiger partial charge is 0.493 e. The summed E-state index contributed by atoms with van der Waals surface area (Å²) in [4.78, 5) is 4.32. The van der Waals surface area contributed by atoms with Gasteiger partial charge >= 0.3 is 6.18 Å². The molecule has 2 nitrogen and oxygen atoms in total. The molecule has 5 aromatic rings. The van der Waals surface area contributed by atoms with Crippen molar-refractivity contribution in [2.75, 3.05) is 6.61 Å². The quantitative estimate of drug-likeness (QED) is 0.222. The fourth-order valence-corrected chi connectivity index (χ4v) is 5.75. The molecule has 0 N–H and O–H groups in total. The van der Waals surface area contributed by atoms with E-state index in [1.165, 1.54) is 17.2 Å². The zero-order valence-corrected chi connectivity index (χ0v) is 21.4. The molecule has 0 saturated carbocycles. The number of nitrogens with zero attached hydrogens (tertiary/aromatic N) is 1. The van der Waals surface area contributed by atoms with Gasteiger partial charge in [-0.15, -0.1) is 0 Å². The Labute approximate surface area is 226 Å². The highest BCUT2D eigenvalue weighted by atomic mass is 19.4. The van der Waals surface area contributed by atoms with E-state index in [0.717, 1.165) is 47.6 Å². The van der Waals surface area contributed by atoms with E-state index in [0.29, 0.717) is 30.1 Å². The van der Waals surface area contributed by atoms with E-state index < -0.39 is 11.7 Å². The highest BCUT2D eigenvalue weighted by Crippen LogP contribution is 2.40. The number of ether oxygens (including phenoxy) is 1. The third-order valence-electron chi connectivity index (χ3n) is 7.59. The van der Waals surface area contributed by atoms with Crippen molar-refractivity contribution in [3.63, 3.8) is 0 Å². The second-order valence-corrected chi connectivity index (χ2v) is 10.1. The van der Waals surface area contributed by atoms with Gasteiger partial charge in [0.15, 0.2) is 0 Å². The van der Waals surface area contributed by atoms with Gasteiger partial charge in [0, 0.05) is 17.5 Å². The smallest absolute Gasteiger partial charge is 0.418 e. The normalized spacial score (nSPS) is 15.2. The van der Waals surface area contributed by atoms with Crippen molar-refractivity contribution in [2.45, 2.75) is 37.8 Å². The number of hydrogen-bond donors (Lipinski definition) is 0. The third kappa shape index (κ3) is 5.26. The van der Waals surface area contributed by atoms with Crippen LogP contribution in [0, 0.1) is 0 Å². The molecular formula is C34H28F3NO. The maximum absolute atomic E-state index is 13.9. The minimum absolute atomic E-state index is 0.0399. The summed E-state index contributed by atoms with van der Waals surface area (Å²) in [6.07, 6.45) is 0.963. The highest BCUT2D eigenvalue weighted by molar-refractivity contribution is 5.98. The summed E-state index contributed by atoms with van der Waals surface area (Å²) >= 11 is 0. The monoisotopic (exact) mass is 523 g/mol. The van der Waals surface area contributed by atoms with Gasteiger partial charge in [0.05, 0.1) is 17.7 Å². The van der Waals surface area contributed by atoms with Crippen molar-refractivity contribution in [3.8, 4) is 16.9 Å². The molecule has 1 aromatic heterocycles. The zero-order chi connectivity index (χ0) is 26.8. The lowest BCUT2D eigenvalue weighted by Crippen LogP contribution is -2.16. The SMILES string of the molecule is FC(F)(F)c1cccc2c(-c3cccc(OCC4CCCc5ccccc54)c3)c(Cc3ccccc3)cnc12. The molecule has 1 atom stereocenters. The fraction of sp³-hybridized carbons (Fsp3) is 0.206. The molecule has 1 unspecified atom stereocenters. The molecule has 6 rings (SSSR count). The third-order valence-corrected chi connectivity index (χ3v) is 7.59. The van der Waals surface area contributed by atoms with E-state index in [-0.39, 0.29) is 5.52 Å². The number of alkyl halides is 3. The molecule has 1 aliphatic carbocycles. The van der Waals surface area contributed by atoms with Gasteiger partial charge in [0.2, 0.25) is 0 Å². The van der Waals surface area contributed by atoms with Crippen molar-refractivity contribution >= 4 is 10.9 Å². The van der Waals surface area contributed by atoms with Crippen LogP contribution in [0.2, 0.25) is 0 Å². The molecule has 0 aliphatic heterocycles. The van der Waals surface area contributed by atoms with Crippen molar-refractivity contribution in [1.82, 2.24) is 4.98 Å². The molecule has 4 aromatic carbocycles. The number of pyridine rings is 1. The van der Waals surface area contributed by atoms with Crippen LogP contribution in [0.25, 0.3) is 22.0 Å². The maximum atomic E-state index is 13.9. The molecule has 0 saturated heterocycles. The number of aromatic nitrogens is 1. The van der Waals surface area contributed by atoms with E-state index in [4.69, 9.17) is 4.74 Å². The van der Waals surface area contributed by atoms with Crippen molar-refractivity contribution in [2.24, 2.45) is 0 Å². The summed E-state index contributed by atoms with van der Waals surface area (Å²) in [6, 6.07) is 30.4. The average molecular weight is 524 g/mol. The van der Waals surface area contributed by atoms with Gasteiger partial charge < -0.3 is 4.74 Å². The summed E-state index contributed by atoms with van der Waals surface area (Å²) in [7, 11) is 0. The van der Waals surface area contributed by atoms with Crippen LogP contribution in [0.15, 0.2) is 103 Å². The first-order valence-corrected chi connectivity index (χ1v) is 13.3. The number of hydrogen-bond acceptors (Lipinski definition) is 2. The van der Waals surface area contributed by atoms with Gasteiger partial charge in [-0.25, -0.2) is 0 Å². The predicted molar refractivity (Wildman–Crippen MR) is 149 cm³/mol. The number of fused-ring (bicyclic) bond motifs is 2. The second kappa shape index (κ2) is 10.6. The van der Waals surface area contributed by atoms with Crippen LogP contribution in [0.1, 0.15) is 46.6 Å². The van der Waals surface area contributed by atoms with E-state index in [1.54, 1.807) is 12.3 Å². The Bertz CT molecular complexity index is 1610.